The van der Waals surface area contributed by atoms with Crippen molar-refractivity contribution in [2.24, 2.45) is 0 Å². The third-order valence-corrected chi connectivity index (χ3v) is 2.19. The number of halogens is 3. The largest absolute Gasteiger partial charge is 0.416 e. The highest BCUT2D eigenvalue weighted by atomic mass is 19.4. The SMILES string of the molecule is Nc1ccc2cc(C(F)(F)F)ccc2c1. The normalized spacial score (nSPS) is 11.9. The highest BCUT2D eigenvalue weighted by Crippen LogP contribution is 2.31. The van der Waals surface area contributed by atoms with Crippen molar-refractivity contribution in [2.45, 2.75) is 6.18 Å². The Hall–Kier alpha value is -1.71. The topological polar surface area (TPSA) is 26.0 Å². The van der Waals surface area contributed by atoms with E-state index in [-0.39, 0.29) is 0 Å². The molecule has 0 saturated carbocycles. The predicted octanol–water partition coefficient (Wildman–Crippen LogP) is 3.44. The second-order valence-corrected chi connectivity index (χ2v) is 3.32. The monoisotopic (exact) mass is 211 g/mol. The second kappa shape index (κ2) is 3.15. The van der Waals surface area contributed by atoms with E-state index in [4.69, 9.17) is 5.73 Å². The van der Waals surface area contributed by atoms with Gasteiger partial charge >= 0.3 is 6.18 Å². The van der Waals surface area contributed by atoms with E-state index in [1.807, 2.05) is 0 Å². The molecule has 2 aromatic rings. The molecule has 0 atom stereocenters. The molecule has 2 N–H and O–H groups in total. The number of nitrogen functional groups attached to an aromatic ring is 1. The van der Waals surface area contributed by atoms with Gasteiger partial charge in [0, 0.05) is 5.69 Å². The van der Waals surface area contributed by atoms with Crippen LogP contribution in [-0.4, -0.2) is 0 Å². The summed E-state index contributed by atoms with van der Waals surface area (Å²) in [6, 6.07) is 8.42. The van der Waals surface area contributed by atoms with Crippen LogP contribution in [0.3, 0.4) is 0 Å². The van der Waals surface area contributed by atoms with Gasteiger partial charge in [-0.05, 0) is 35.0 Å². The number of hydrogen-bond donors (Lipinski definition) is 1. The van der Waals surface area contributed by atoms with Gasteiger partial charge in [-0.2, -0.15) is 13.2 Å². The molecular weight excluding hydrogens is 203 g/mol. The molecular formula is C11H8F3N. The van der Waals surface area contributed by atoms with E-state index in [0.717, 1.165) is 12.1 Å². The van der Waals surface area contributed by atoms with Crippen molar-refractivity contribution in [3.8, 4) is 0 Å². The van der Waals surface area contributed by atoms with Gasteiger partial charge in [-0.15, -0.1) is 0 Å². The molecule has 0 saturated heterocycles. The molecule has 0 aliphatic rings. The summed E-state index contributed by atoms with van der Waals surface area (Å²) in [6.45, 7) is 0. The summed E-state index contributed by atoms with van der Waals surface area (Å²) < 4.78 is 37.1. The summed E-state index contributed by atoms with van der Waals surface area (Å²) in [5.41, 5.74) is 5.43. The van der Waals surface area contributed by atoms with Crippen molar-refractivity contribution in [1.29, 1.82) is 0 Å². The van der Waals surface area contributed by atoms with Crippen LogP contribution in [0.15, 0.2) is 36.4 Å². The molecule has 78 valence electrons. The summed E-state index contributed by atoms with van der Waals surface area (Å²) in [4.78, 5) is 0. The molecule has 4 heteroatoms. The van der Waals surface area contributed by atoms with Crippen LogP contribution in [0.5, 0.6) is 0 Å². The molecule has 0 bridgehead atoms. The average molecular weight is 211 g/mol. The van der Waals surface area contributed by atoms with Gasteiger partial charge in [0.05, 0.1) is 5.56 Å². The van der Waals surface area contributed by atoms with Gasteiger partial charge in [-0.3, -0.25) is 0 Å². The summed E-state index contributed by atoms with van der Waals surface area (Å²) >= 11 is 0. The Labute approximate surface area is 84.3 Å². The molecule has 0 unspecified atom stereocenters. The first-order valence-corrected chi connectivity index (χ1v) is 4.33. The maximum absolute atomic E-state index is 12.4. The lowest BCUT2D eigenvalue weighted by Gasteiger charge is -2.07. The maximum Gasteiger partial charge on any atom is 0.416 e. The number of alkyl halides is 3. The molecule has 0 aliphatic heterocycles. The molecule has 0 radical (unpaired) electrons. The fourth-order valence-electron chi connectivity index (χ4n) is 1.44. The standard InChI is InChI=1S/C11H8F3N/c12-11(13,14)9-3-1-8-6-10(15)4-2-7(8)5-9/h1-6H,15H2. The van der Waals surface area contributed by atoms with Crippen molar-refractivity contribution in [2.75, 3.05) is 5.73 Å². The van der Waals surface area contributed by atoms with E-state index in [2.05, 4.69) is 0 Å². The van der Waals surface area contributed by atoms with E-state index in [1.54, 1.807) is 18.2 Å². The Bertz CT molecular complexity index is 503. The number of benzene rings is 2. The van der Waals surface area contributed by atoms with Crippen LogP contribution >= 0.6 is 0 Å². The fourth-order valence-corrected chi connectivity index (χ4v) is 1.44. The van der Waals surface area contributed by atoms with E-state index in [9.17, 15) is 13.2 Å². The third-order valence-electron chi connectivity index (χ3n) is 2.19. The molecule has 0 spiro atoms. The Balaban J connectivity index is 2.62. The zero-order chi connectivity index (χ0) is 11.1. The van der Waals surface area contributed by atoms with Gasteiger partial charge in [0.2, 0.25) is 0 Å². The minimum absolute atomic E-state index is 0.541. The molecule has 0 heterocycles. The summed E-state index contributed by atoms with van der Waals surface area (Å²) in [5, 5.41) is 1.25. The van der Waals surface area contributed by atoms with E-state index in [0.29, 0.717) is 16.5 Å². The van der Waals surface area contributed by atoms with Crippen LogP contribution in [0.25, 0.3) is 10.8 Å². The number of fused-ring (bicyclic) bond motifs is 1. The summed E-state index contributed by atoms with van der Waals surface area (Å²) in [7, 11) is 0. The first-order chi connectivity index (χ1) is 6.97. The predicted molar refractivity (Wildman–Crippen MR) is 53.4 cm³/mol. The molecule has 1 nitrogen and oxygen atoms in total. The van der Waals surface area contributed by atoms with Crippen molar-refractivity contribution < 1.29 is 13.2 Å². The molecule has 15 heavy (non-hydrogen) atoms. The van der Waals surface area contributed by atoms with Gasteiger partial charge in [-0.1, -0.05) is 12.1 Å². The highest BCUT2D eigenvalue weighted by molar-refractivity contribution is 5.86. The van der Waals surface area contributed by atoms with Crippen molar-refractivity contribution in [3.63, 3.8) is 0 Å². The van der Waals surface area contributed by atoms with Crippen LogP contribution in [0.4, 0.5) is 18.9 Å². The lowest BCUT2D eigenvalue weighted by molar-refractivity contribution is -0.137. The molecule has 2 aromatic carbocycles. The number of rotatable bonds is 0. The quantitative estimate of drug-likeness (QED) is 0.663. The van der Waals surface area contributed by atoms with Crippen LogP contribution < -0.4 is 5.73 Å². The van der Waals surface area contributed by atoms with Gasteiger partial charge in [0.1, 0.15) is 0 Å². The van der Waals surface area contributed by atoms with Crippen molar-refractivity contribution >= 4 is 16.5 Å². The first kappa shape index (κ1) is 9.83. The minimum atomic E-state index is -4.30. The summed E-state index contributed by atoms with van der Waals surface area (Å²) in [5.74, 6) is 0. The average Bonchev–Trinajstić information content (AvgIpc) is 2.15. The van der Waals surface area contributed by atoms with Crippen LogP contribution in [0.1, 0.15) is 5.56 Å². The zero-order valence-corrected chi connectivity index (χ0v) is 7.68. The van der Waals surface area contributed by atoms with E-state index >= 15 is 0 Å². The molecule has 0 aromatic heterocycles. The molecule has 0 fully saturated rings. The van der Waals surface area contributed by atoms with E-state index < -0.39 is 11.7 Å². The lowest BCUT2D eigenvalue weighted by Crippen LogP contribution is -2.04. The van der Waals surface area contributed by atoms with Gasteiger partial charge in [0.15, 0.2) is 0 Å². The Morgan fingerprint density at radius 1 is 0.867 bits per heavy atom. The maximum atomic E-state index is 12.4. The lowest BCUT2D eigenvalue weighted by atomic mass is 10.1. The van der Waals surface area contributed by atoms with Crippen molar-refractivity contribution in [3.05, 3.63) is 42.0 Å². The molecule has 0 aliphatic carbocycles. The fraction of sp³-hybridized carbons (Fsp3) is 0.0909. The Morgan fingerprint density at radius 3 is 2.13 bits per heavy atom. The highest BCUT2D eigenvalue weighted by Gasteiger charge is 2.30. The van der Waals surface area contributed by atoms with Gasteiger partial charge in [0.25, 0.3) is 0 Å². The van der Waals surface area contributed by atoms with Crippen LogP contribution in [-0.2, 0) is 6.18 Å². The van der Waals surface area contributed by atoms with Gasteiger partial charge < -0.3 is 5.73 Å². The van der Waals surface area contributed by atoms with Crippen LogP contribution in [0, 0.1) is 0 Å². The molecule has 2 rings (SSSR count). The van der Waals surface area contributed by atoms with Crippen molar-refractivity contribution in [1.82, 2.24) is 0 Å². The number of nitrogens with two attached hydrogens (primary N) is 1. The Kier molecular flexibility index (Phi) is 2.07. The number of anilines is 1. The number of hydrogen-bond acceptors (Lipinski definition) is 1. The zero-order valence-electron chi connectivity index (χ0n) is 7.68. The third kappa shape index (κ3) is 1.88. The van der Waals surface area contributed by atoms with Gasteiger partial charge in [-0.25, -0.2) is 0 Å². The Morgan fingerprint density at radius 2 is 1.47 bits per heavy atom. The van der Waals surface area contributed by atoms with E-state index in [1.165, 1.54) is 6.07 Å². The first-order valence-electron chi connectivity index (χ1n) is 4.33. The summed E-state index contributed by atoms with van der Waals surface area (Å²) in [6.07, 6.45) is -4.30. The smallest absolute Gasteiger partial charge is 0.399 e. The minimum Gasteiger partial charge on any atom is -0.399 e. The second-order valence-electron chi connectivity index (χ2n) is 3.32. The molecule has 0 amide bonds. The van der Waals surface area contributed by atoms with Crippen LogP contribution in [0.2, 0.25) is 0 Å².